The van der Waals surface area contributed by atoms with Gasteiger partial charge in [0.25, 0.3) is 0 Å². The zero-order chi connectivity index (χ0) is 15.0. The molecule has 1 atom stereocenters. The molecule has 0 spiro atoms. The summed E-state index contributed by atoms with van der Waals surface area (Å²) >= 11 is 0. The molecule has 0 aliphatic carbocycles. The first-order chi connectivity index (χ1) is 9.56. The smallest absolute Gasteiger partial charge is 0.133 e. The van der Waals surface area contributed by atoms with E-state index in [1.165, 1.54) is 12.1 Å². The van der Waals surface area contributed by atoms with Crippen LogP contribution in [0.3, 0.4) is 0 Å². The van der Waals surface area contributed by atoms with Crippen LogP contribution >= 0.6 is 0 Å². The Kier molecular flexibility index (Phi) is 7.27. The summed E-state index contributed by atoms with van der Waals surface area (Å²) in [6.07, 6.45) is 3.66. The molecule has 0 aliphatic heterocycles. The van der Waals surface area contributed by atoms with Gasteiger partial charge in [0.05, 0.1) is 6.61 Å². The van der Waals surface area contributed by atoms with Gasteiger partial charge in [0.2, 0.25) is 0 Å². The maximum atomic E-state index is 13.4. The molecule has 20 heavy (non-hydrogen) atoms. The molecular weight excluding hydrogens is 255 g/mol. The Morgan fingerprint density at radius 3 is 2.70 bits per heavy atom. The van der Waals surface area contributed by atoms with E-state index in [1.54, 1.807) is 6.07 Å². The number of halogens is 1. The lowest BCUT2D eigenvalue weighted by Crippen LogP contribution is -2.09. The summed E-state index contributed by atoms with van der Waals surface area (Å²) in [6.45, 7) is 6.70. The van der Waals surface area contributed by atoms with E-state index in [-0.39, 0.29) is 17.5 Å². The number of ether oxygens (including phenoxy) is 1. The third-order valence-electron chi connectivity index (χ3n) is 3.16. The number of hydrogen-bond donors (Lipinski definition) is 0. The molecule has 112 valence electrons. The standard InChI is InChI=1S/C17H25FO2/c1-4-6-16(19)11-13(3)10-14-12-15(18)7-8-17(14)20-9-5-2/h7-8,12-13H,4-6,9-11H2,1-3H3. The van der Waals surface area contributed by atoms with Gasteiger partial charge < -0.3 is 4.74 Å². The van der Waals surface area contributed by atoms with Crippen molar-refractivity contribution in [2.75, 3.05) is 6.61 Å². The van der Waals surface area contributed by atoms with Crippen LogP contribution in [0.15, 0.2) is 18.2 Å². The monoisotopic (exact) mass is 280 g/mol. The van der Waals surface area contributed by atoms with Gasteiger partial charge in [-0.2, -0.15) is 0 Å². The van der Waals surface area contributed by atoms with Crippen molar-refractivity contribution in [2.45, 2.75) is 52.9 Å². The van der Waals surface area contributed by atoms with Crippen molar-refractivity contribution in [3.05, 3.63) is 29.6 Å². The van der Waals surface area contributed by atoms with E-state index in [1.807, 2.05) is 20.8 Å². The van der Waals surface area contributed by atoms with E-state index in [0.717, 1.165) is 24.2 Å². The normalized spacial score (nSPS) is 12.2. The second-order valence-corrected chi connectivity index (χ2v) is 5.40. The summed E-state index contributed by atoms with van der Waals surface area (Å²) in [5.41, 5.74) is 0.857. The average molecular weight is 280 g/mol. The van der Waals surface area contributed by atoms with Gasteiger partial charge in [0.15, 0.2) is 0 Å². The SMILES string of the molecule is CCCOc1ccc(F)cc1CC(C)CC(=O)CCC. The zero-order valence-electron chi connectivity index (χ0n) is 12.7. The predicted octanol–water partition coefficient (Wildman–Crippen LogP) is 4.55. The molecule has 3 heteroatoms. The third kappa shape index (κ3) is 5.72. The van der Waals surface area contributed by atoms with Gasteiger partial charge in [-0.1, -0.05) is 20.8 Å². The highest BCUT2D eigenvalue weighted by Gasteiger charge is 2.13. The van der Waals surface area contributed by atoms with Crippen LogP contribution in [0.1, 0.15) is 52.0 Å². The van der Waals surface area contributed by atoms with E-state index in [4.69, 9.17) is 4.74 Å². The molecule has 1 rings (SSSR count). The van der Waals surface area contributed by atoms with Crippen molar-refractivity contribution in [2.24, 2.45) is 5.92 Å². The van der Waals surface area contributed by atoms with Crippen LogP contribution in [0.4, 0.5) is 4.39 Å². The van der Waals surface area contributed by atoms with Crippen molar-refractivity contribution in [3.8, 4) is 5.75 Å². The Bertz CT molecular complexity index is 429. The van der Waals surface area contributed by atoms with E-state index < -0.39 is 0 Å². The minimum absolute atomic E-state index is 0.208. The fourth-order valence-corrected chi connectivity index (χ4v) is 2.28. The van der Waals surface area contributed by atoms with E-state index in [2.05, 4.69) is 0 Å². The summed E-state index contributed by atoms with van der Waals surface area (Å²) in [7, 11) is 0. The van der Waals surface area contributed by atoms with Gasteiger partial charge in [-0.3, -0.25) is 4.79 Å². The minimum atomic E-state index is -0.254. The van der Waals surface area contributed by atoms with E-state index >= 15 is 0 Å². The maximum Gasteiger partial charge on any atom is 0.133 e. The quantitative estimate of drug-likeness (QED) is 0.663. The molecule has 0 radical (unpaired) electrons. The highest BCUT2D eigenvalue weighted by Crippen LogP contribution is 2.24. The van der Waals surface area contributed by atoms with Crippen LogP contribution in [0.5, 0.6) is 5.75 Å². The lowest BCUT2D eigenvalue weighted by atomic mass is 9.94. The fourth-order valence-electron chi connectivity index (χ4n) is 2.28. The van der Waals surface area contributed by atoms with Crippen molar-refractivity contribution in [1.29, 1.82) is 0 Å². The summed E-state index contributed by atoms with van der Waals surface area (Å²) in [5, 5.41) is 0. The molecule has 0 fully saturated rings. The highest BCUT2D eigenvalue weighted by molar-refractivity contribution is 5.78. The van der Waals surface area contributed by atoms with Crippen LogP contribution in [0.25, 0.3) is 0 Å². The van der Waals surface area contributed by atoms with Crippen LogP contribution in [-0.4, -0.2) is 12.4 Å². The largest absolute Gasteiger partial charge is 0.493 e. The molecule has 1 unspecified atom stereocenters. The number of carbonyl (C=O) groups excluding carboxylic acids is 1. The van der Waals surface area contributed by atoms with Crippen LogP contribution in [0, 0.1) is 11.7 Å². The molecule has 1 aromatic rings. The van der Waals surface area contributed by atoms with Gasteiger partial charge >= 0.3 is 0 Å². The Morgan fingerprint density at radius 1 is 1.30 bits per heavy atom. The minimum Gasteiger partial charge on any atom is -0.493 e. The van der Waals surface area contributed by atoms with Gasteiger partial charge in [0, 0.05) is 12.8 Å². The van der Waals surface area contributed by atoms with E-state index in [9.17, 15) is 9.18 Å². The summed E-state index contributed by atoms with van der Waals surface area (Å²) < 4.78 is 19.0. The molecule has 0 amide bonds. The molecule has 0 saturated heterocycles. The number of hydrogen-bond acceptors (Lipinski definition) is 2. The molecule has 0 bridgehead atoms. The lowest BCUT2D eigenvalue weighted by Gasteiger charge is -2.15. The van der Waals surface area contributed by atoms with E-state index in [0.29, 0.717) is 25.9 Å². The molecule has 0 N–H and O–H groups in total. The predicted molar refractivity (Wildman–Crippen MR) is 79.6 cm³/mol. The number of carbonyl (C=O) groups is 1. The van der Waals surface area contributed by atoms with Gasteiger partial charge in [0.1, 0.15) is 17.3 Å². The van der Waals surface area contributed by atoms with Gasteiger partial charge in [-0.05, 0) is 48.9 Å². The number of benzene rings is 1. The first-order valence-electron chi connectivity index (χ1n) is 7.49. The Balaban J connectivity index is 2.69. The Hall–Kier alpha value is -1.38. The molecular formula is C17H25FO2. The summed E-state index contributed by atoms with van der Waals surface area (Å²) in [4.78, 5) is 11.7. The number of ketones is 1. The van der Waals surface area contributed by atoms with Crippen molar-refractivity contribution >= 4 is 5.78 Å². The van der Waals surface area contributed by atoms with Crippen LogP contribution in [-0.2, 0) is 11.2 Å². The second-order valence-electron chi connectivity index (χ2n) is 5.40. The van der Waals surface area contributed by atoms with Gasteiger partial charge in [-0.25, -0.2) is 4.39 Å². The summed E-state index contributed by atoms with van der Waals surface area (Å²) in [5.74, 6) is 0.978. The molecule has 2 nitrogen and oxygen atoms in total. The number of rotatable bonds is 9. The Morgan fingerprint density at radius 2 is 2.05 bits per heavy atom. The second kappa shape index (κ2) is 8.72. The topological polar surface area (TPSA) is 26.3 Å². The molecule has 1 aromatic carbocycles. The molecule has 0 aliphatic rings. The van der Waals surface area contributed by atoms with Crippen LogP contribution in [0.2, 0.25) is 0 Å². The Labute approximate surface area is 121 Å². The lowest BCUT2D eigenvalue weighted by molar-refractivity contribution is -0.119. The molecule has 0 heterocycles. The van der Waals surface area contributed by atoms with Gasteiger partial charge in [-0.15, -0.1) is 0 Å². The first-order valence-corrected chi connectivity index (χ1v) is 7.49. The van der Waals surface area contributed by atoms with Crippen LogP contribution < -0.4 is 4.74 Å². The first kappa shape index (κ1) is 16.7. The van der Waals surface area contributed by atoms with Crippen molar-refractivity contribution in [3.63, 3.8) is 0 Å². The average Bonchev–Trinajstić information content (AvgIpc) is 2.37. The summed E-state index contributed by atoms with van der Waals surface area (Å²) in [6, 6.07) is 4.62. The van der Waals surface area contributed by atoms with Crippen molar-refractivity contribution in [1.82, 2.24) is 0 Å². The van der Waals surface area contributed by atoms with Crippen molar-refractivity contribution < 1.29 is 13.9 Å². The number of Topliss-reactive ketones (excluding diaryl/α,β-unsaturated/α-hetero) is 1. The maximum absolute atomic E-state index is 13.4. The molecule has 0 saturated carbocycles. The highest BCUT2D eigenvalue weighted by atomic mass is 19.1. The molecule has 0 aromatic heterocycles. The zero-order valence-corrected chi connectivity index (χ0v) is 12.7. The fraction of sp³-hybridized carbons (Fsp3) is 0.588. The third-order valence-corrected chi connectivity index (χ3v) is 3.16.